The second-order valence-electron chi connectivity index (χ2n) is 9.62. The van der Waals surface area contributed by atoms with Crippen molar-refractivity contribution in [3.63, 3.8) is 0 Å². The van der Waals surface area contributed by atoms with Gasteiger partial charge in [0.1, 0.15) is 28.7 Å². The number of hydrogen-bond donors (Lipinski definition) is 2. The maximum atomic E-state index is 13.3. The molecule has 0 fully saturated rings. The van der Waals surface area contributed by atoms with E-state index in [4.69, 9.17) is 26.2 Å². The summed E-state index contributed by atoms with van der Waals surface area (Å²) >= 11 is 5.42. The summed E-state index contributed by atoms with van der Waals surface area (Å²) in [6.45, 7) is 0.884. The number of methoxy groups -OCH3 is 2. The molecule has 11 nitrogen and oxygen atoms in total. The van der Waals surface area contributed by atoms with E-state index < -0.39 is 57.3 Å². The second-order valence-corrected chi connectivity index (χ2v) is 10.0. The Morgan fingerprint density at radius 2 is 1.21 bits per heavy atom. The van der Waals surface area contributed by atoms with Crippen molar-refractivity contribution in [2.45, 2.75) is 38.4 Å². The summed E-state index contributed by atoms with van der Waals surface area (Å²) in [5, 5.41) is 17.6. The second kappa shape index (κ2) is 15.0. The van der Waals surface area contributed by atoms with E-state index >= 15 is 0 Å². The van der Waals surface area contributed by atoms with Gasteiger partial charge in [-0.15, -0.1) is 0 Å². The van der Waals surface area contributed by atoms with Gasteiger partial charge in [0.15, 0.2) is 0 Å². The van der Waals surface area contributed by atoms with Crippen LogP contribution in [0.15, 0.2) is 70.5 Å². The van der Waals surface area contributed by atoms with E-state index in [-0.39, 0.29) is 13.1 Å². The van der Waals surface area contributed by atoms with Crippen LogP contribution in [-0.4, -0.2) is 50.9 Å². The SMILES string of the molecule is COc1ccc(Cn2ncc(Cl)c(C(F)(F)F)c2=O)cc1.COc1ccc(Cn2ncc(N[C@@H](C)C(=O)O)c(C(F)(F)F)c2=O)cc1. The number of aliphatic carboxylic acids is 1. The molecule has 0 bridgehead atoms. The van der Waals surface area contributed by atoms with Crippen molar-refractivity contribution < 1.29 is 45.7 Å². The first kappa shape index (κ1) is 36.4. The minimum Gasteiger partial charge on any atom is -0.497 e. The van der Waals surface area contributed by atoms with Crippen molar-refractivity contribution >= 4 is 23.3 Å². The van der Waals surface area contributed by atoms with Crippen LogP contribution in [0.2, 0.25) is 5.02 Å². The number of anilines is 1. The van der Waals surface area contributed by atoms with Gasteiger partial charge in [-0.05, 0) is 42.3 Å². The number of alkyl halides is 6. The third-order valence-corrected chi connectivity index (χ3v) is 6.62. The summed E-state index contributed by atoms with van der Waals surface area (Å²) in [5.74, 6) is -0.195. The summed E-state index contributed by atoms with van der Waals surface area (Å²) < 4.78 is 89.7. The van der Waals surface area contributed by atoms with E-state index in [0.717, 1.165) is 24.0 Å². The fraction of sp³-hybridized carbons (Fsp3) is 0.276. The number of hydrogen-bond acceptors (Lipinski definition) is 8. The summed E-state index contributed by atoms with van der Waals surface area (Å²) in [7, 11) is 2.97. The summed E-state index contributed by atoms with van der Waals surface area (Å²) in [6.07, 6.45) is -8.18. The first-order chi connectivity index (χ1) is 22.0. The highest BCUT2D eigenvalue weighted by molar-refractivity contribution is 6.31. The van der Waals surface area contributed by atoms with Crippen molar-refractivity contribution in [2.24, 2.45) is 0 Å². The number of aromatic nitrogens is 4. The molecule has 0 saturated carbocycles. The molecular weight excluding hydrogens is 664 g/mol. The zero-order chi connectivity index (χ0) is 35.1. The number of ether oxygens (including phenoxy) is 2. The van der Waals surface area contributed by atoms with Gasteiger partial charge in [-0.2, -0.15) is 36.5 Å². The topological polar surface area (TPSA) is 138 Å². The largest absolute Gasteiger partial charge is 0.497 e. The molecule has 4 aromatic rings. The van der Waals surface area contributed by atoms with Crippen LogP contribution in [0, 0.1) is 0 Å². The highest BCUT2D eigenvalue weighted by Gasteiger charge is 2.39. The average Bonchev–Trinajstić information content (AvgIpc) is 2.99. The van der Waals surface area contributed by atoms with Crippen molar-refractivity contribution in [2.75, 3.05) is 19.5 Å². The molecule has 18 heteroatoms. The number of carboxylic acids is 1. The van der Waals surface area contributed by atoms with E-state index in [9.17, 15) is 40.7 Å². The Labute approximate surface area is 266 Å². The minimum absolute atomic E-state index is 0.0942. The monoisotopic (exact) mass is 689 g/mol. The molecule has 2 heterocycles. The lowest BCUT2D eigenvalue weighted by molar-refractivity contribution is -0.140. The van der Waals surface area contributed by atoms with Crippen LogP contribution in [0.4, 0.5) is 32.0 Å². The first-order valence-electron chi connectivity index (χ1n) is 13.2. The van der Waals surface area contributed by atoms with Crippen LogP contribution >= 0.6 is 11.6 Å². The highest BCUT2D eigenvalue weighted by Crippen LogP contribution is 2.32. The molecular formula is C29H26ClF6N5O6. The predicted molar refractivity (Wildman–Crippen MR) is 157 cm³/mol. The van der Waals surface area contributed by atoms with E-state index in [1.54, 1.807) is 48.5 Å². The number of nitrogens with zero attached hydrogens (tertiary/aromatic N) is 4. The number of benzene rings is 2. The lowest BCUT2D eigenvalue weighted by Gasteiger charge is -2.17. The maximum Gasteiger partial charge on any atom is 0.423 e. The van der Waals surface area contributed by atoms with Crippen LogP contribution in [-0.2, 0) is 30.2 Å². The van der Waals surface area contributed by atoms with Gasteiger partial charge < -0.3 is 19.9 Å². The molecule has 0 unspecified atom stereocenters. The Hall–Kier alpha value is -5.06. The number of carboxylic acid groups (broad SMARTS) is 1. The normalized spacial score (nSPS) is 12.0. The molecule has 0 radical (unpaired) electrons. The smallest absolute Gasteiger partial charge is 0.423 e. The molecule has 0 saturated heterocycles. The van der Waals surface area contributed by atoms with Gasteiger partial charge >= 0.3 is 18.3 Å². The Bertz CT molecular complexity index is 1810. The molecule has 4 rings (SSSR count). The van der Waals surface area contributed by atoms with Crippen molar-refractivity contribution in [1.82, 2.24) is 19.6 Å². The van der Waals surface area contributed by atoms with Crippen LogP contribution < -0.4 is 25.9 Å². The standard InChI is InChI=1S/C16H16F3N3O4.C13H10ClF3N2O2/c1-9(15(24)25)21-12-7-20-22(14(23)13(12)16(17,18)19)8-10-3-5-11(26-2)6-4-10;1-21-9-4-2-8(3-5-9)7-19-12(20)11(13(15,16)17)10(14)6-18-19/h3-7,9,21H,8H2,1-2H3,(H,24,25);2-6H,7H2,1H3/t9-;/m0./s1. The molecule has 0 aliphatic rings. The first-order valence-corrected chi connectivity index (χ1v) is 13.6. The van der Waals surface area contributed by atoms with Crippen molar-refractivity contribution in [3.8, 4) is 11.5 Å². The Balaban J connectivity index is 0.000000261. The molecule has 0 aliphatic carbocycles. The summed E-state index contributed by atoms with van der Waals surface area (Å²) in [5.41, 5.74) is -5.05. The van der Waals surface area contributed by atoms with Crippen molar-refractivity contribution in [3.05, 3.63) is 109 Å². The van der Waals surface area contributed by atoms with Crippen LogP contribution in [0.1, 0.15) is 29.2 Å². The zero-order valence-corrected chi connectivity index (χ0v) is 25.4. The van der Waals surface area contributed by atoms with E-state index in [1.807, 2.05) is 0 Å². The highest BCUT2D eigenvalue weighted by atomic mass is 35.5. The maximum absolute atomic E-state index is 13.3. The molecule has 47 heavy (non-hydrogen) atoms. The number of halogens is 7. The quantitative estimate of drug-likeness (QED) is 0.228. The molecule has 2 N–H and O–H groups in total. The Morgan fingerprint density at radius 1 is 0.809 bits per heavy atom. The Kier molecular flexibility index (Phi) is 11.6. The lowest BCUT2D eigenvalue weighted by Crippen LogP contribution is -2.34. The van der Waals surface area contributed by atoms with Crippen LogP contribution in [0.25, 0.3) is 0 Å². The molecule has 2 aromatic carbocycles. The fourth-order valence-corrected chi connectivity index (χ4v) is 4.16. The number of rotatable bonds is 9. The number of nitrogens with one attached hydrogen (secondary N) is 1. The van der Waals surface area contributed by atoms with Gasteiger partial charge in [0, 0.05) is 0 Å². The van der Waals surface area contributed by atoms with Gasteiger partial charge in [0.25, 0.3) is 11.1 Å². The lowest BCUT2D eigenvalue weighted by atomic mass is 10.2. The molecule has 252 valence electrons. The van der Waals surface area contributed by atoms with Crippen LogP contribution in [0.5, 0.6) is 11.5 Å². The fourth-order valence-electron chi connectivity index (χ4n) is 3.93. The zero-order valence-electron chi connectivity index (χ0n) is 24.7. The van der Waals surface area contributed by atoms with E-state index in [0.29, 0.717) is 27.3 Å². The van der Waals surface area contributed by atoms with Gasteiger partial charge in [-0.3, -0.25) is 14.4 Å². The third-order valence-electron chi connectivity index (χ3n) is 6.33. The minimum atomic E-state index is -4.97. The van der Waals surface area contributed by atoms with Gasteiger partial charge in [-0.25, -0.2) is 9.36 Å². The Morgan fingerprint density at radius 3 is 1.60 bits per heavy atom. The molecule has 0 amide bonds. The average molecular weight is 690 g/mol. The van der Waals surface area contributed by atoms with E-state index in [2.05, 4.69) is 15.5 Å². The molecule has 2 aromatic heterocycles. The van der Waals surface area contributed by atoms with Gasteiger partial charge in [0.05, 0.1) is 50.4 Å². The molecule has 1 atom stereocenters. The summed E-state index contributed by atoms with van der Waals surface area (Å²) in [6, 6.07) is 11.6. The van der Waals surface area contributed by atoms with Gasteiger partial charge in [0.2, 0.25) is 0 Å². The third kappa shape index (κ3) is 9.48. The summed E-state index contributed by atoms with van der Waals surface area (Å²) in [4.78, 5) is 35.0. The van der Waals surface area contributed by atoms with E-state index in [1.165, 1.54) is 14.2 Å². The molecule has 0 spiro atoms. The van der Waals surface area contributed by atoms with Crippen molar-refractivity contribution in [1.29, 1.82) is 0 Å². The predicted octanol–water partition coefficient (Wildman–Crippen LogP) is 5.18. The van der Waals surface area contributed by atoms with Crippen LogP contribution in [0.3, 0.4) is 0 Å². The molecule has 0 aliphatic heterocycles. The number of carbonyl (C=O) groups is 1. The van der Waals surface area contributed by atoms with Gasteiger partial charge in [-0.1, -0.05) is 35.9 Å².